The van der Waals surface area contributed by atoms with Crippen LogP contribution in [0.5, 0.6) is 0 Å². The standard InChI is InChI=1S/C10H12N2OS/c1-7(9(11)14)12-10(13)8-5-3-2-4-6-8/h2-7H,1H3,(H2,11,14)(H,12,13)/t7-/m0/s1. The number of benzene rings is 1. The van der Waals surface area contributed by atoms with E-state index >= 15 is 0 Å². The van der Waals surface area contributed by atoms with Crippen molar-refractivity contribution in [1.29, 1.82) is 0 Å². The van der Waals surface area contributed by atoms with E-state index in [9.17, 15) is 4.79 Å². The van der Waals surface area contributed by atoms with Crippen molar-refractivity contribution < 1.29 is 4.79 Å². The molecular formula is C10H12N2OS. The lowest BCUT2D eigenvalue weighted by Crippen LogP contribution is -2.41. The zero-order valence-electron chi connectivity index (χ0n) is 7.86. The van der Waals surface area contributed by atoms with E-state index in [0.717, 1.165) is 0 Å². The summed E-state index contributed by atoms with van der Waals surface area (Å²) in [4.78, 5) is 11.8. The molecule has 1 amide bonds. The van der Waals surface area contributed by atoms with Gasteiger partial charge >= 0.3 is 0 Å². The highest BCUT2D eigenvalue weighted by Gasteiger charge is 2.10. The van der Waals surface area contributed by atoms with Crippen LogP contribution >= 0.6 is 12.2 Å². The topological polar surface area (TPSA) is 55.1 Å². The van der Waals surface area contributed by atoms with Gasteiger partial charge in [0.25, 0.3) is 5.91 Å². The summed E-state index contributed by atoms with van der Waals surface area (Å²) in [5, 5.41) is 2.69. The van der Waals surface area contributed by atoms with Gasteiger partial charge in [-0.3, -0.25) is 4.79 Å². The van der Waals surface area contributed by atoms with E-state index in [1.54, 1.807) is 31.2 Å². The molecule has 0 unspecified atom stereocenters. The fraction of sp³-hybridized carbons (Fsp3) is 0.200. The Morgan fingerprint density at radius 1 is 1.43 bits per heavy atom. The van der Waals surface area contributed by atoms with Gasteiger partial charge in [0.15, 0.2) is 0 Å². The van der Waals surface area contributed by atoms with Gasteiger partial charge < -0.3 is 11.1 Å². The fourth-order valence-electron chi connectivity index (χ4n) is 0.941. The number of nitrogens with two attached hydrogens (primary N) is 1. The first-order valence-corrected chi connectivity index (χ1v) is 4.67. The molecule has 0 saturated heterocycles. The molecule has 0 spiro atoms. The van der Waals surface area contributed by atoms with Crippen LogP contribution in [0, 0.1) is 0 Å². The maximum absolute atomic E-state index is 11.5. The van der Waals surface area contributed by atoms with Crippen LogP contribution in [-0.4, -0.2) is 16.9 Å². The van der Waals surface area contributed by atoms with E-state index in [2.05, 4.69) is 5.32 Å². The molecular weight excluding hydrogens is 196 g/mol. The number of amides is 1. The minimum absolute atomic E-state index is 0.161. The number of hydrogen-bond donors (Lipinski definition) is 2. The van der Waals surface area contributed by atoms with Crippen LogP contribution in [-0.2, 0) is 0 Å². The summed E-state index contributed by atoms with van der Waals surface area (Å²) in [6.07, 6.45) is 0. The van der Waals surface area contributed by atoms with Crippen molar-refractivity contribution in [2.45, 2.75) is 13.0 Å². The van der Waals surface area contributed by atoms with E-state index in [4.69, 9.17) is 18.0 Å². The first kappa shape index (κ1) is 10.7. The average Bonchev–Trinajstić information content (AvgIpc) is 2.19. The van der Waals surface area contributed by atoms with Gasteiger partial charge in [0.1, 0.15) is 0 Å². The Kier molecular flexibility index (Phi) is 3.59. The normalized spacial score (nSPS) is 11.8. The van der Waals surface area contributed by atoms with Crippen molar-refractivity contribution in [2.24, 2.45) is 5.73 Å². The van der Waals surface area contributed by atoms with E-state index in [1.165, 1.54) is 0 Å². The summed E-state index contributed by atoms with van der Waals surface area (Å²) in [6, 6.07) is 8.66. The van der Waals surface area contributed by atoms with Gasteiger partial charge in [-0.15, -0.1) is 0 Å². The van der Waals surface area contributed by atoms with Crippen molar-refractivity contribution in [3.8, 4) is 0 Å². The number of hydrogen-bond acceptors (Lipinski definition) is 2. The van der Waals surface area contributed by atoms with Crippen molar-refractivity contribution >= 4 is 23.1 Å². The smallest absolute Gasteiger partial charge is 0.251 e. The fourth-order valence-corrected chi connectivity index (χ4v) is 1.000. The van der Waals surface area contributed by atoms with Crippen LogP contribution in [0.4, 0.5) is 0 Å². The number of carbonyl (C=O) groups is 1. The highest BCUT2D eigenvalue weighted by molar-refractivity contribution is 7.80. The third-order valence-electron chi connectivity index (χ3n) is 1.81. The second kappa shape index (κ2) is 4.72. The Hall–Kier alpha value is -1.42. The van der Waals surface area contributed by atoms with E-state index in [-0.39, 0.29) is 16.9 Å². The van der Waals surface area contributed by atoms with Crippen LogP contribution in [0.1, 0.15) is 17.3 Å². The highest BCUT2D eigenvalue weighted by Crippen LogP contribution is 1.98. The summed E-state index contributed by atoms with van der Waals surface area (Å²) < 4.78 is 0. The van der Waals surface area contributed by atoms with Gasteiger partial charge in [-0.25, -0.2) is 0 Å². The Labute approximate surface area is 88.3 Å². The zero-order valence-corrected chi connectivity index (χ0v) is 8.67. The molecule has 0 heterocycles. The molecule has 0 aliphatic carbocycles. The minimum Gasteiger partial charge on any atom is -0.392 e. The van der Waals surface area contributed by atoms with Crippen LogP contribution < -0.4 is 11.1 Å². The maximum atomic E-state index is 11.5. The molecule has 0 aliphatic rings. The lowest BCUT2D eigenvalue weighted by Gasteiger charge is -2.11. The second-order valence-corrected chi connectivity index (χ2v) is 3.43. The number of rotatable bonds is 3. The predicted molar refractivity (Wildman–Crippen MR) is 60.2 cm³/mol. The summed E-state index contributed by atoms with van der Waals surface area (Å²) >= 11 is 4.75. The van der Waals surface area contributed by atoms with Gasteiger partial charge in [0.2, 0.25) is 0 Å². The SMILES string of the molecule is C[C@H](NC(=O)c1ccccc1)C(N)=S. The van der Waals surface area contributed by atoms with Crippen molar-refractivity contribution in [1.82, 2.24) is 5.32 Å². The molecule has 0 aliphatic heterocycles. The van der Waals surface area contributed by atoms with Gasteiger partial charge in [-0.05, 0) is 19.1 Å². The number of nitrogens with one attached hydrogen (secondary N) is 1. The Morgan fingerprint density at radius 3 is 2.50 bits per heavy atom. The van der Waals surface area contributed by atoms with Crippen molar-refractivity contribution in [3.63, 3.8) is 0 Å². The third kappa shape index (κ3) is 2.81. The molecule has 0 saturated carbocycles. The molecule has 0 radical (unpaired) electrons. The molecule has 1 rings (SSSR count). The van der Waals surface area contributed by atoms with Gasteiger partial charge in [-0.1, -0.05) is 30.4 Å². The molecule has 74 valence electrons. The molecule has 0 fully saturated rings. The van der Waals surface area contributed by atoms with Crippen LogP contribution in [0.2, 0.25) is 0 Å². The molecule has 0 aromatic heterocycles. The predicted octanol–water partition coefficient (Wildman–Crippen LogP) is 1.09. The van der Waals surface area contributed by atoms with E-state index in [1.807, 2.05) is 6.07 Å². The van der Waals surface area contributed by atoms with Crippen LogP contribution in [0.25, 0.3) is 0 Å². The van der Waals surface area contributed by atoms with E-state index in [0.29, 0.717) is 5.56 Å². The van der Waals surface area contributed by atoms with Gasteiger partial charge in [-0.2, -0.15) is 0 Å². The van der Waals surface area contributed by atoms with Crippen LogP contribution in [0.15, 0.2) is 30.3 Å². The lowest BCUT2D eigenvalue weighted by molar-refractivity contribution is 0.0949. The van der Waals surface area contributed by atoms with E-state index < -0.39 is 0 Å². The first-order valence-electron chi connectivity index (χ1n) is 4.26. The summed E-state index contributed by atoms with van der Waals surface area (Å²) in [5.41, 5.74) is 5.99. The Bertz CT molecular complexity index is 337. The second-order valence-electron chi connectivity index (χ2n) is 2.96. The first-order chi connectivity index (χ1) is 6.61. The molecule has 1 aromatic rings. The molecule has 4 heteroatoms. The molecule has 14 heavy (non-hydrogen) atoms. The van der Waals surface area contributed by atoms with Crippen molar-refractivity contribution in [2.75, 3.05) is 0 Å². The minimum atomic E-state index is -0.280. The zero-order chi connectivity index (χ0) is 10.6. The van der Waals surface area contributed by atoms with Crippen molar-refractivity contribution in [3.05, 3.63) is 35.9 Å². The largest absolute Gasteiger partial charge is 0.392 e. The summed E-state index contributed by atoms with van der Waals surface area (Å²) in [7, 11) is 0. The molecule has 1 aromatic carbocycles. The van der Waals surface area contributed by atoms with Crippen LogP contribution in [0.3, 0.4) is 0 Å². The lowest BCUT2D eigenvalue weighted by atomic mass is 10.2. The number of thiocarbonyl (C=S) groups is 1. The quantitative estimate of drug-likeness (QED) is 0.731. The van der Waals surface area contributed by atoms with Gasteiger partial charge in [0.05, 0.1) is 11.0 Å². The molecule has 3 nitrogen and oxygen atoms in total. The molecule has 3 N–H and O–H groups in total. The maximum Gasteiger partial charge on any atom is 0.251 e. The third-order valence-corrected chi connectivity index (χ3v) is 2.16. The Morgan fingerprint density at radius 2 is 2.00 bits per heavy atom. The Balaban J connectivity index is 2.64. The summed E-state index contributed by atoms with van der Waals surface area (Å²) in [5.74, 6) is -0.161. The average molecular weight is 208 g/mol. The summed E-state index contributed by atoms with van der Waals surface area (Å²) in [6.45, 7) is 1.75. The monoisotopic (exact) mass is 208 g/mol. The molecule has 0 bridgehead atoms. The van der Waals surface area contributed by atoms with Gasteiger partial charge in [0, 0.05) is 5.56 Å². The number of carbonyl (C=O) groups excluding carboxylic acids is 1. The molecule has 1 atom stereocenters. The highest BCUT2D eigenvalue weighted by atomic mass is 32.1.